The van der Waals surface area contributed by atoms with E-state index in [2.05, 4.69) is 6.92 Å². The molecule has 0 aliphatic carbocycles. The van der Waals surface area contributed by atoms with E-state index in [1.807, 2.05) is 29.2 Å². The van der Waals surface area contributed by atoms with E-state index in [1.54, 1.807) is 0 Å². The van der Waals surface area contributed by atoms with Crippen LogP contribution in [0.1, 0.15) is 18.9 Å². The van der Waals surface area contributed by atoms with Gasteiger partial charge in [0, 0.05) is 19.1 Å². The summed E-state index contributed by atoms with van der Waals surface area (Å²) < 4.78 is 5.72. The number of nitrogens with zero attached hydrogens (tertiary/aromatic N) is 1. The smallest absolute Gasteiger partial charge is 0.229 e. The second-order valence-electron chi connectivity index (χ2n) is 6.03. The van der Waals surface area contributed by atoms with Crippen LogP contribution in [0.15, 0.2) is 24.3 Å². The molecule has 2 aliphatic rings. The minimum atomic E-state index is -0.0496. The van der Waals surface area contributed by atoms with Crippen LogP contribution in [0.25, 0.3) is 0 Å². The first-order valence-corrected chi connectivity index (χ1v) is 7.40. The Bertz CT molecular complexity index is 509. The van der Waals surface area contributed by atoms with Crippen LogP contribution in [0.4, 0.5) is 0 Å². The second-order valence-corrected chi connectivity index (χ2v) is 6.03. The third-order valence-corrected chi connectivity index (χ3v) is 4.51. The van der Waals surface area contributed by atoms with Gasteiger partial charge in [-0.1, -0.05) is 25.1 Å². The Morgan fingerprint density at radius 1 is 1.38 bits per heavy atom. The summed E-state index contributed by atoms with van der Waals surface area (Å²) >= 11 is 0. The van der Waals surface area contributed by atoms with Crippen molar-refractivity contribution in [2.75, 3.05) is 19.7 Å². The van der Waals surface area contributed by atoms with Crippen LogP contribution in [0.3, 0.4) is 0 Å². The Kier molecular flexibility index (Phi) is 5.12. The third kappa shape index (κ3) is 3.33. The predicted octanol–water partition coefficient (Wildman–Crippen LogP) is 1.86. The first kappa shape index (κ1) is 16.1. The monoisotopic (exact) mass is 310 g/mol. The van der Waals surface area contributed by atoms with Gasteiger partial charge in [0.25, 0.3) is 0 Å². The molecule has 116 valence electrons. The van der Waals surface area contributed by atoms with Crippen LogP contribution >= 0.6 is 12.4 Å². The minimum absolute atomic E-state index is 0. The number of ether oxygens (including phenoxy) is 1. The minimum Gasteiger partial charge on any atom is -0.492 e. The predicted molar refractivity (Wildman–Crippen MR) is 84.7 cm³/mol. The molecular formula is C16H23ClN2O2. The number of amides is 1. The average Bonchev–Trinajstić information content (AvgIpc) is 2.49. The van der Waals surface area contributed by atoms with Crippen LogP contribution < -0.4 is 10.5 Å². The number of fused-ring (bicyclic) bond motifs is 1. The van der Waals surface area contributed by atoms with E-state index in [1.165, 1.54) is 0 Å². The molecular weight excluding hydrogens is 288 g/mol. The molecule has 2 N–H and O–H groups in total. The molecule has 4 nitrogen and oxygen atoms in total. The van der Waals surface area contributed by atoms with Crippen molar-refractivity contribution in [3.8, 4) is 5.75 Å². The van der Waals surface area contributed by atoms with Crippen molar-refractivity contribution in [1.29, 1.82) is 0 Å². The summed E-state index contributed by atoms with van der Waals surface area (Å²) in [5.41, 5.74) is 7.16. The number of hydrogen-bond acceptors (Lipinski definition) is 3. The molecule has 0 bridgehead atoms. The standard InChI is InChI=1S/C16H22N2O2.ClH/c1-11-9-18(7-6-14(11)17)16(19)13-8-12-4-2-3-5-15(12)20-10-13;/h2-5,11,13-14H,6-10,17H2,1H3;1H. The highest BCUT2D eigenvalue weighted by Gasteiger charge is 2.33. The molecule has 1 aromatic carbocycles. The number of nitrogens with two attached hydrogens (primary N) is 1. The van der Waals surface area contributed by atoms with Crippen molar-refractivity contribution in [2.24, 2.45) is 17.6 Å². The molecule has 1 fully saturated rings. The summed E-state index contributed by atoms with van der Waals surface area (Å²) in [6.45, 7) is 4.17. The molecule has 2 heterocycles. The maximum Gasteiger partial charge on any atom is 0.229 e. The number of piperidine rings is 1. The average molecular weight is 311 g/mol. The molecule has 0 radical (unpaired) electrons. The van der Waals surface area contributed by atoms with Gasteiger partial charge in [-0.05, 0) is 30.4 Å². The fraction of sp³-hybridized carbons (Fsp3) is 0.562. The lowest BCUT2D eigenvalue weighted by molar-refractivity contribution is -0.138. The molecule has 3 atom stereocenters. The van der Waals surface area contributed by atoms with E-state index < -0.39 is 0 Å². The lowest BCUT2D eigenvalue weighted by atomic mass is 9.91. The van der Waals surface area contributed by atoms with Crippen molar-refractivity contribution in [3.05, 3.63) is 29.8 Å². The van der Waals surface area contributed by atoms with Crippen molar-refractivity contribution in [3.63, 3.8) is 0 Å². The zero-order chi connectivity index (χ0) is 14.1. The number of likely N-dealkylation sites (tertiary alicyclic amines) is 1. The van der Waals surface area contributed by atoms with E-state index in [-0.39, 0.29) is 30.3 Å². The Morgan fingerprint density at radius 2 is 2.14 bits per heavy atom. The zero-order valence-corrected chi connectivity index (χ0v) is 13.1. The van der Waals surface area contributed by atoms with E-state index >= 15 is 0 Å². The van der Waals surface area contributed by atoms with Crippen molar-refractivity contribution in [2.45, 2.75) is 25.8 Å². The van der Waals surface area contributed by atoms with Crippen LogP contribution in [0.5, 0.6) is 5.75 Å². The second kappa shape index (κ2) is 6.67. The molecule has 1 aromatic rings. The first-order valence-electron chi connectivity index (χ1n) is 7.40. The molecule has 2 aliphatic heterocycles. The topological polar surface area (TPSA) is 55.6 Å². The number of carbonyl (C=O) groups excluding carboxylic acids is 1. The van der Waals surface area contributed by atoms with Gasteiger partial charge in [-0.3, -0.25) is 4.79 Å². The Morgan fingerprint density at radius 3 is 2.90 bits per heavy atom. The highest BCUT2D eigenvalue weighted by atomic mass is 35.5. The van der Waals surface area contributed by atoms with Gasteiger partial charge < -0.3 is 15.4 Å². The Balaban J connectivity index is 0.00000161. The van der Waals surface area contributed by atoms with Crippen molar-refractivity contribution < 1.29 is 9.53 Å². The normalized spacial score (nSPS) is 28.1. The zero-order valence-electron chi connectivity index (χ0n) is 12.3. The maximum absolute atomic E-state index is 12.6. The summed E-state index contributed by atoms with van der Waals surface area (Å²) in [5, 5.41) is 0. The van der Waals surface area contributed by atoms with E-state index in [4.69, 9.17) is 10.5 Å². The van der Waals surface area contributed by atoms with Gasteiger partial charge in [0.05, 0.1) is 5.92 Å². The molecule has 5 heteroatoms. The van der Waals surface area contributed by atoms with Gasteiger partial charge in [0.2, 0.25) is 5.91 Å². The number of hydrogen-bond donors (Lipinski definition) is 1. The maximum atomic E-state index is 12.6. The number of para-hydroxylation sites is 1. The molecule has 21 heavy (non-hydrogen) atoms. The molecule has 0 saturated carbocycles. The fourth-order valence-electron chi connectivity index (χ4n) is 3.11. The molecule has 1 saturated heterocycles. The quantitative estimate of drug-likeness (QED) is 0.861. The molecule has 0 spiro atoms. The largest absolute Gasteiger partial charge is 0.492 e. The van der Waals surface area contributed by atoms with Crippen LogP contribution in [0, 0.1) is 11.8 Å². The lowest BCUT2D eigenvalue weighted by Gasteiger charge is -2.37. The first-order chi connectivity index (χ1) is 9.65. The summed E-state index contributed by atoms with van der Waals surface area (Å²) in [6, 6.07) is 8.20. The van der Waals surface area contributed by atoms with E-state index in [9.17, 15) is 4.79 Å². The lowest BCUT2D eigenvalue weighted by Crippen LogP contribution is -2.51. The number of benzene rings is 1. The van der Waals surface area contributed by atoms with E-state index in [0.29, 0.717) is 12.5 Å². The third-order valence-electron chi connectivity index (χ3n) is 4.51. The van der Waals surface area contributed by atoms with Gasteiger partial charge >= 0.3 is 0 Å². The fourth-order valence-corrected chi connectivity index (χ4v) is 3.11. The van der Waals surface area contributed by atoms with Crippen molar-refractivity contribution in [1.82, 2.24) is 4.90 Å². The highest BCUT2D eigenvalue weighted by molar-refractivity contribution is 5.85. The molecule has 3 unspecified atom stereocenters. The molecule has 1 amide bonds. The summed E-state index contributed by atoms with van der Waals surface area (Å²) in [7, 11) is 0. The summed E-state index contributed by atoms with van der Waals surface area (Å²) in [6.07, 6.45) is 1.68. The number of carbonyl (C=O) groups is 1. The van der Waals surface area contributed by atoms with Gasteiger partial charge in [-0.2, -0.15) is 0 Å². The van der Waals surface area contributed by atoms with Gasteiger partial charge in [0.15, 0.2) is 0 Å². The van der Waals surface area contributed by atoms with Gasteiger partial charge in [-0.25, -0.2) is 0 Å². The van der Waals surface area contributed by atoms with Gasteiger partial charge in [0.1, 0.15) is 12.4 Å². The van der Waals surface area contributed by atoms with Crippen molar-refractivity contribution >= 4 is 18.3 Å². The van der Waals surface area contributed by atoms with E-state index in [0.717, 1.165) is 37.2 Å². The number of halogens is 1. The van der Waals surface area contributed by atoms with Crippen LogP contribution in [0.2, 0.25) is 0 Å². The Hall–Kier alpha value is -1.26. The van der Waals surface area contributed by atoms with Crippen LogP contribution in [-0.2, 0) is 11.2 Å². The van der Waals surface area contributed by atoms with Crippen LogP contribution in [-0.4, -0.2) is 36.5 Å². The number of rotatable bonds is 1. The molecule has 3 rings (SSSR count). The SMILES string of the molecule is CC1CN(C(=O)C2COc3ccccc3C2)CCC1N.Cl. The molecule has 0 aromatic heterocycles. The summed E-state index contributed by atoms with van der Waals surface area (Å²) in [5.74, 6) is 1.47. The summed E-state index contributed by atoms with van der Waals surface area (Å²) in [4.78, 5) is 14.6. The highest BCUT2D eigenvalue weighted by Crippen LogP contribution is 2.28. The van der Waals surface area contributed by atoms with Gasteiger partial charge in [-0.15, -0.1) is 12.4 Å². The Labute approximate surface area is 132 Å².